The predicted molar refractivity (Wildman–Crippen MR) is 58.2 cm³/mol. The molecule has 0 aliphatic carbocycles. The molecule has 1 aromatic rings. The molecule has 18 heavy (non-hydrogen) atoms. The number of aryl methyl sites for hydroxylation is 2. The maximum absolute atomic E-state index is 13.3. The Labute approximate surface area is 102 Å². The van der Waals surface area contributed by atoms with Gasteiger partial charge in [-0.2, -0.15) is 13.9 Å². The summed E-state index contributed by atoms with van der Waals surface area (Å²) >= 11 is 0. The quantitative estimate of drug-likeness (QED) is 0.644. The van der Waals surface area contributed by atoms with Crippen molar-refractivity contribution in [1.82, 2.24) is 9.78 Å². The van der Waals surface area contributed by atoms with Crippen molar-refractivity contribution in [1.29, 1.82) is 0 Å². The molecule has 1 heterocycles. The van der Waals surface area contributed by atoms with E-state index in [1.165, 1.54) is 24.7 Å². The van der Waals surface area contributed by atoms with Crippen LogP contribution in [0, 0.1) is 6.92 Å². The second-order valence-electron chi connectivity index (χ2n) is 3.55. The number of hydrogen-bond acceptors (Lipinski definition) is 4. The summed E-state index contributed by atoms with van der Waals surface area (Å²) in [6, 6.07) is 0. The fourth-order valence-electron chi connectivity index (χ4n) is 1.24. The van der Waals surface area contributed by atoms with Gasteiger partial charge in [0.1, 0.15) is 0 Å². The molecule has 1 amide bonds. The largest absolute Gasteiger partial charge is 0.461 e. The standard InChI is InChI=1S/C10H13F2N3O3/c1-4-18-9(17)10(11,12)8(16)13-7-5-15(3)14-6(7)2/h5H,4H2,1-3H3,(H,13,16). The van der Waals surface area contributed by atoms with E-state index in [0.29, 0.717) is 5.69 Å². The van der Waals surface area contributed by atoms with Gasteiger partial charge in [-0.25, -0.2) is 4.79 Å². The molecule has 1 rings (SSSR count). The van der Waals surface area contributed by atoms with Gasteiger partial charge in [-0.3, -0.25) is 9.48 Å². The van der Waals surface area contributed by atoms with Crippen molar-refractivity contribution >= 4 is 17.6 Å². The first-order valence-corrected chi connectivity index (χ1v) is 5.15. The first-order chi connectivity index (χ1) is 8.28. The van der Waals surface area contributed by atoms with Crippen LogP contribution < -0.4 is 5.32 Å². The highest BCUT2D eigenvalue weighted by atomic mass is 19.3. The Morgan fingerprint density at radius 2 is 2.17 bits per heavy atom. The number of carbonyl (C=O) groups is 2. The van der Waals surface area contributed by atoms with Crippen LogP contribution in [0.5, 0.6) is 0 Å². The third kappa shape index (κ3) is 2.82. The number of halogens is 2. The number of hydrogen-bond donors (Lipinski definition) is 1. The zero-order valence-corrected chi connectivity index (χ0v) is 10.2. The number of esters is 1. The molecule has 0 aliphatic rings. The van der Waals surface area contributed by atoms with Crippen LogP contribution in [-0.4, -0.2) is 34.2 Å². The molecule has 100 valence electrons. The minimum Gasteiger partial charge on any atom is -0.461 e. The van der Waals surface area contributed by atoms with E-state index in [0.717, 1.165) is 0 Å². The van der Waals surface area contributed by atoms with E-state index in [1.807, 2.05) is 5.32 Å². The molecule has 1 N–H and O–H groups in total. The highest BCUT2D eigenvalue weighted by molar-refractivity contribution is 6.10. The molecule has 0 spiro atoms. The van der Waals surface area contributed by atoms with Crippen LogP contribution >= 0.6 is 0 Å². The van der Waals surface area contributed by atoms with Crippen LogP contribution in [0.1, 0.15) is 12.6 Å². The number of nitrogens with zero attached hydrogens (tertiary/aromatic N) is 2. The Morgan fingerprint density at radius 1 is 1.56 bits per heavy atom. The predicted octanol–water partition coefficient (Wildman–Crippen LogP) is 0.865. The van der Waals surface area contributed by atoms with Gasteiger partial charge >= 0.3 is 17.8 Å². The lowest BCUT2D eigenvalue weighted by Crippen LogP contribution is -2.43. The van der Waals surface area contributed by atoms with Crippen LogP contribution in [0.2, 0.25) is 0 Å². The number of rotatable bonds is 4. The Bertz CT molecular complexity index is 471. The molecule has 0 radical (unpaired) electrons. The van der Waals surface area contributed by atoms with E-state index in [4.69, 9.17) is 0 Å². The second kappa shape index (κ2) is 5.11. The van der Waals surface area contributed by atoms with E-state index in [2.05, 4.69) is 9.84 Å². The zero-order valence-electron chi connectivity index (χ0n) is 10.2. The lowest BCUT2D eigenvalue weighted by atomic mass is 10.3. The summed E-state index contributed by atoms with van der Waals surface area (Å²) < 4.78 is 32.1. The maximum Gasteiger partial charge on any atom is 0.419 e. The van der Waals surface area contributed by atoms with Crippen LogP contribution in [0.3, 0.4) is 0 Å². The molecule has 0 bridgehead atoms. The van der Waals surface area contributed by atoms with Gasteiger partial charge in [-0.05, 0) is 13.8 Å². The number of aromatic nitrogens is 2. The van der Waals surface area contributed by atoms with E-state index in [-0.39, 0.29) is 12.3 Å². The summed E-state index contributed by atoms with van der Waals surface area (Å²) in [5.41, 5.74) is 0.483. The first-order valence-electron chi connectivity index (χ1n) is 5.15. The molecule has 0 saturated heterocycles. The highest BCUT2D eigenvalue weighted by Crippen LogP contribution is 2.20. The molecule has 0 unspecified atom stereocenters. The zero-order chi connectivity index (χ0) is 13.9. The minimum absolute atomic E-state index is 0.117. The molecular formula is C10H13F2N3O3. The van der Waals surface area contributed by atoms with Crippen molar-refractivity contribution in [3.63, 3.8) is 0 Å². The average Bonchev–Trinajstić information content (AvgIpc) is 2.57. The van der Waals surface area contributed by atoms with Gasteiger partial charge in [0.15, 0.2) is 0 Å². The smallest absolute Gasteiger partial charge is 0.419 e. The summed E-state index contributed by atoms with van der Waals surface area (Å²) in [6.07, 6.45) is 1.36. The maximum atomic E-state index is 13.3. The summed E-state index contributed by atoms with van der Waals surface area (Å²) in [5, 5.41) is 5.81. The van der Waals surface area contributed by atoms with Crippen molar-refractivity contribution in [2.24, 2.45) is 7.05 Å². The molecule has 1 aromatic heterocycles. The van der Waals surface area contributed by atoms with Gasteiger partial charge < -0.3 is 10.1 Å². The van der Waals surface area contributed by atoms with Crippen LogP contribution in [0.25, 0.3) is 0 Å². The molecule has 0 aromatic carbocycles. The lowest BCUT2D eigenvalue weighted by molar-refractivity contribution is -0.175. The number of anilines is 1. The second-order valence-corrected chi connectivity index (χ2v) is 3.55. The van der Waals surface area contributed by atoms with Crippen molar-refractivity contribution in [3.8, 4) is 0 Å². The number of amides is 1. The average molecular weight is 261 g/mol. The Kier molecular flexibility index (Phi) is 4.00. The van der Waals surface area contributed by atoms with Crippen molar-refractivity contribution in [2.45, 2.75) is 19.8 Å². The van der Waals surface area contributed by atoms with Gasteiger partial charge in [0, 0.05) is 13.2 Å². The number of carbonyl (C=O) groups excluding carboxylic acids is 2. The summed E-state index contributed by atoms with van der Waals surface area (Å²) in [5.74, 6) is -7.83. The summed E-state index contributed by atoms with van der Waals surface area (Å²) in [6.45, 7) is 2.68. The fourth-order valence-corrected chi connectivity index (χ4v) is 1.24. The topological polar surface area (TPSA) is 73.2 Å². The third-order valence-corrected chi connectivity index (χ3v) is 2.08. The van der Waals surface area contributed by atoms with Crippen molar-refractivity contribution in [3.05, 3.63) is 11.9 Å². The fraction of sp³-hybridized carbons (Fsp3) is 0.500. The summed E-state index contributed by atoms with van der Waals surface area (Å²) in [4.78, 5) is 22.2. The van der Waals surface area contributed by atoms with E-state index < -0.39 is 17.8 Å². The molecule has 0 atom stereocenters. The number of alkyl halides is 2. The van der Waals surface area contributed by atoms with Crippen molar-refractivity contribution < 1.29 is 23.1 Å². The SMILES string of the molecule is CCOC(=O)C(F)(F)C(=O)Nc1cn(C)nc1C. The van der Waals surface area contributed by atoms with Crippen molar-refractivity contribution in [2.75, 3.05) is 11.9 Å². The van der Waals surface area contributed by atoms with Crippen LogP contribution in [0.4, 0.5) is 14.5 Å². The molecular weight excluding hydrogens is 248 g/mol. The Balaban J connectivity index is 2.82. The minimum atomic E-state index is -4.22. The van der Waals surface area contributed by atoms with Crippen LogP contribution in [-0.2, 0) is 21.4 Å². The molecule has 0 saturated carbocycles. The highest BCUT2D eigenvalue weighted by Gasteiger charge is 2.49. The van der Waals surface area contributed by atoms with Gasteiger partial charge in [-0.1, -0.05) is 0 Å². The number of nitrogens with one attached hydrogen (secondary N) is 1. The van der Waals surface area contributed by atoms with E-state index in [1.54, 1.807) is 7.05 Å². The van der Waals surface area contributed by atoms with Gasteiger partial charge in [0.2, 0.25) is 0 Å². The Hall–Kier alpha value is -1.99. The third-order valence-electron chi connectivity index (χ3n) is 2.08. The van der Waals surface area contributed by atoms with E-state index in [9.17, 15) is 18.4 Å². The van der Waals surface area contributed by atoms with E-state index >= 15 is 0 Å². The number of ether oxygens (including phenoxy) is 1. The summed E-state index contributed by atoms with van der Waals surface area (Å²) in [7, 11) is 1.58. The lowest BCUT2D eigenvalue weighted by Gasteiger charge is -2.13. The van der Waals surface area contributed by atoms with Gasteiger partial charge in [-0.15, -0.1) is 0 Å². The molecule has 8 heteroatoms. The molecule has 6 nitrogen and oxygen atoms in total. The molecule has 0 fully saturated rings. The van der Waals surface area contributed by atoms with Gasteiger partial charge in [0.05, 0.1) is 18.0 Å². The monoisotopic (exact) mass is 261 g/mol. The molecule has 0 aliphatic heterocycles. The normalized spacial score (nSPS) is 11.2. The van der Waals surface area contributed by atoms with Crippen LogP contribution in [0.15, 0.2) is 6.20 Å². The Morgan fingerprint density at radius 3 is 2.61 bits per heavy atom. The van der Waals surface area contributed by atoms with Gasteiger partial charge in [0.25, 0.3) is 0 Å². The first kappa shape index (κ1) is 14.1.